The molecule has 7 heteroatoms. The largest absolute Gasteiger partial charge is 0.462 e. The monoisotopic (exact) mass is 322 g/mol. The molecule has 0 heterocycles. The molecular weight excluding hydrogens is 300 g/mol. The topological polar surface area (TPSA) is 119 Å². The summed E-state index contributed by atoms with van der Waals surface area (Å²) < 4.78 is 4.58. The Morgan fingerprint density at radius 2 is 1.87 bits per heavy atom. The summed E-state index contributed by atoms with van der Waals surface area (Å²) in [5, 5.41) is 10.8. The van der Waals surface area contributed by atoms with E-state index in [0.717, 1.165) is 5.56 Å². The summed E-state index contributed by atoms with van der Waals surface area (Å²) in [6, 6.07) is 8.74. The smallest absolute Gasteiger partial charge is 0.325 e. The lowest BCUT2D eigenvalue weighted by Gasteiger charge is -2.10. The second-order valence-corrected chi connectivity index (χ2v) is 4.98. The molecule has 1 amide bonds. The molecule has 0 aromatic heterocycles. The van der Waals surface area contributed by atoms with Crippen LogP contribution in [0.2, 0.25) is 0 Å². The zero-order valence-corrected chi connectivity index (χ0v) is 12.9. The Labute approximate surface area is 134 Å². The van der Waals surface area contributed by atoms with Gasteiger partial charge in [-0.15, -0.1) is 0 Å². The van der Waals surface area contributed by atoms with E-state index in [1.54, 1.807) is 0 Å². The van der Waals surface area contributed by atoms with E-state index in [9.17, 15) is 14.4 Å². The summed E-state index contributed by atoms with van der Waals surface area (Å²) >= 11 is 0. The van der Waals surface area contributed by atoms with Gasteiger partial charge in [0.15, 0.2) is 0 Å². The number of ether oxygens (including phenoxy) is 1. The SMILES string of the molecule is NC(Cc1ccccc1)C(=O)CCC(=O)NCC(=O)OCCO. The standard InChI is InChI=1S/C16H22N2O5/c17-13(10-12-4-2-1-3-5-12)14(20)6-7-15(21)18-11-16(22)23-9-8-19/h1-5,13,19H,6-11,17H2,(H,18,21). The number of ketones is 1. The molecule has 1 aromatic carbocycles. The van der Waals surface area contributed by atoms with Crippen LogP contribution >= 0.6 is 0 Å². The highest BCUT2D eigenvalue weighted by Gasteiger charge is 2.16. The van der Waals surface area contributed by atoms with Crippen molar-refractivity contribution in [2.45, 2.75) is 25.3 Å². The second kappa shape index (κ2) is 10.5. The van der Waals surface area contributed by atoms with Crippen LogP contribution in [-0.4, -0.2) is 48.6 Å². The highest BCUT2D eigenvalue weighted by Crippen LogP contribution is 2.04. The third-order valence-electron chi connectivity index (χ3n) is 3.09. The molecule has 0 aliphatic rings. The highest BCUT2D eigenvalue weighted by molar-refractivity contribution is 5.89. The maximum Gasteiger partial charge on any atom is 0.325 e. The van der Waals surface area contributed by atoms with Crippen molar-refractivity contribution in [2.75, 3.05) is 19.8 Å². The first kappa shape index (κ1) is 18.8. The summed E-state index contributed by atoms with van der Waals surface area (Å²) in [7, 11) is 0. The Morgan fingerprint density at radius 1 is 1.17 bits per heavy atom. The minimum absolute atomic E-state index is 0.0194. The fourth-order valence-corrected chi connectivity index (χ4v) is 1.87. The lowest BCUT2D eigenvalue weighted by molar-refractivity contribution is -0.144. The number of aliphatic hydroxyl groups is 1. The van der Waals surface area contributed by atoms with Gasteiger partial charge in [-0.1, -0.05) is 30.3 Å². The Bertz CT molecular complexity index is 518. The molecule has 1 aromatic rings. The number of carbonyl (C=O) groups excluding carboxylic acids is 3. The van der Waals surface area contributed by atoms with Gasteiger partial charge in [0.1, 0.15) is 18.9 Å². The molecule has 23 heavy (non-hydrogen) atoms. The van der Waals surface area contributed by atoms with Crippen LogP contribution in [0.5, 0.6) is 0 Å². The van der Waals surface area contributed by atoms with Crippen LogP contribution in [0.25, 0.3) is 0 Å². The summed E-state index contributed by atoms with van der Waals surface area (Å²) in [6.07, 6.45) is 0.412. The first-order valence-corrected chi connectivity index (χ1v) is 7.38. The fraction of sp³-hybridized carbons (Fsp3) is 0.438. The van der Waals surface area contributed by atoms with Crippen LogP contribution in [0.3, 0.4) is 0 Å². The number of hydrogen-bond donors (Lipinski definition) is 3. The summed E-state index contributed by atoms with van der Waals surface area (Å²) in [4.78, 5) is 34.6. The van der Waals surface area contributed by atoms with Crippen molar-refractivity contribution in [2.24, 2.45) is 5.73 Å². The van der Waals surface area contributed by atoms with Crippen LogP contribution < -0.4 is 11.1 Å². The predicted molar refractivity (Wildman–Crippen MR) is 83.4 cm³/mol. The minimum atomic E-state index is -0.653. The molecule has 0 saturated heterocycles. The Hall–Kier alpha value is -2.25. The minimum Gasteiger partial charge on any atom is -0.462 e. The third kappa shape index (κ3) is 8.08. The van der Waals surface area contributed by atoms with E-state index in [0.29, 0.717) is 6.42 Å². The van der Waals surface area contributed by atoms with E-state index in [1.165, 1.54) is 0 Å². The molecule has 0 radical (unpaired) electrons. The Balaban J connectivity index is 2.24. The molecule has 0 fully saturated rings. The Morgan fingerprint density at radius 3 is 2.52 bits per heavy atom. The lowest BCUT2D eigenvalue weighted by atomic mass is 10.0. The molecule has 0 saturated carbocycles. The number of esters is 1. The van der Waals surface area contributed by atoms with Gasteiger partial charge in [0.05, 0.1) is 12.6 Å². The van der Waals surface area contributed by atoms with E-state index in [4.69, 9.17) is 10.8 Å². The van der Waals surface area contributed by atoms with Crippen molar-refractivity contribution in [3.63, 3.8) is 0 Å². The van der Waals surface area contributed by atoms with Gasteiger partial charge >= 0.3 is 5.97 Å². The third-order valence-corrected chi connectivity index (χ3v) is 3.09. The number of amides is 1. The molecule has 0 spiro atoms. The summed E-state index contributed by atoms with van der Waals surface area (Å²) in [5.74, 6) is -1.27. The van der Waals surface area contributed by atoms with Crippen molar-refractivity contribution >= 4 is 17.7 Å². The normalized spacial score (nSPS) is 11.6. The van der Waals surface area contributed by atoms with Crippen molar-refractivity contribution in [3.05, 3.63) is 35.9 Å². The molecule has 0 aliphatic heterocycles. The van der Waals surface area contributed by atoms with Crippen LogP contribution in [-0.2, 0) is 25.5 Å². The average molecular weight is 322 g/mol. The summed E-state index contributed by atoms with van der Waals surface area (Å²) in [6.45, 7) is -0.669. The zero-order chi connectivity index (χ0) is 17.1. The van der Waals surface area contributed by atoms with Crippen molar-refractivity contribution in [1.29, 1.82) is 0 Å². The number of carbonyl (C=O) groups is 3. The van der Waals surface area contributed by atoms with Gasteiger partial charge in [-0.05, 0) is 12.0 Å². The highest BCUT2D eigenvalue weighted by atomic mass is 16.5. The number of hydrogen-bond acceptors (Lipinski definition) is 6. The lowest BCUT2D eigenvalue weighted by Crippen LogP contribution is -2.35. The van der Waals surface area contributed by atoms with Crippen molar-refractivity contribution < 1.29 is 24.2 Å². The van der Waals surface area contributed by atoms with E-state index in [1.807, 2.05) is 30.3 Å². The van der Waals surface area contributed by atoms with Gasteiger partial charge in [0.25, 0.3) is 0 Å². The first-order chi connectivity index (χ1) is 11.0. The van der Waals surface area contributed by atoms with Crippen LogP contribution in [0.1, 0.15) is 18.4 Å². The van der Waals surface area contributed by atoms with E-state index in [2.05, 4.69) is 10.1 Å². The average Bonchev–Trinajstić information content (AvgIpc) is 2.56. The van der Waals surface area contributed by atoms with Crippen molar-refractivity contribution in [1.82, 2.24) is 5.32 Å². The van der Waals surface area contributed by atoms with Gasteiger partial charge < -0.3 is 20.9 Å². The van der Waals surface area contributed by atoms with Gasteiger partial charge in [-0.25, -0.2) is 0 Å². The molecule has 1 atom stereocenters. The van der Waals surface area contributed by atoms with Crippen LogP contribution in [0.4, 0.5) is 0 Å². The van der Waals surface area contributed by atoms with Gasteiger partial charge in [0.2, 0.25) is 5.91 Å². The second-order valence-electron chi connectivity index (χ2n) is 4.98. The molecule has 0 bridgehead atoms. The Kier molecular flexibility index (Phi) is 8.56. The van der Waals surface area contributed by atoms with E-state index >= 15 is 0 Å². The first-order valence-electron chi connectivity index (χ1n) is 7.38. The number of benzene rings is 1. The molecule has 126 valence electrons. The molecule has 4 N–H and O–H groups in total. The molecule has 1 rings (SSSR count). The quantitative estimate of drug-likeness (QED) is 0.502. The van der Waals surface area contributed by atoms with E-state index in [-0.39, 0.29) is 38.4 Å². The number of nitrogens with one attached hydrogen (secondary N) is 1. The molecule has 1 unspecified atom stereocenters. The number of nitrogens with two attached hydrogens (primary N) is 1. The zero-order valence-electron chi connectivity index (χ0n) is 12.9. The number of Topliss-reactive ketones (excluding diaryl/α,β-unsaturated/α-hetero) is 1. The van der Waals surface area contributed by atoms with Crippen molar-refractivity contribution in [3.8, 4) is 0 Å². The number of rotatable bonds is 10. The summed E-state index contributed by atoms with van der Waals surface area (Å²) in [5.41, 5.74) is 6.80. The van der Waals surface area contributed by atoms with Crippen LogP contribution in [0, 0.1) is 0 Å². The molecule has 7 nitrogen and oxygen atoms in total. The van der Waals surface area contributed by atoms with E-state index < -0.39 is 17.9 Å². The number of aliphatic hydroxyl groups excluding tert-OH is 1. The van der Waals surface area contributed by atoms with Gasteiger partial charge in [-0.2, -0.15) is 0 Å². The maximum atomic E-state index is 11.9. The van der Waals surface area contributed by atoms with Gasteiger partial charge in [-0.3, -0.25) is 14.4 Å². The van der Waals surface area contributed by atoms with Gasteiger partial charge in [0, 0.05) is 12.8 Å². The molecular formula is C16H22N2O5. The van der Waals surface area contributed by atoms with Crippen LogP contribution in [0.15, 0.2) is 30.3 Å². The maximum absolute atomic E-state index is 11.9. The fourth-order valence-electron chi connectivity index (χ4n) is 1.87. The molecule has 0 aliphatic carbocycles. The predicted octanol–water partition coefficient (Wildman–Crippen LogP) is -0.443.